The Hall–Kier alpha value is -2.06. The van der Waals surface area contributed by atoms with Crippen LogP contribution in [0.3, 0.4) is 0 Å². The van der Waals surface area contributed by atoms with Gasteiger partial charge in [0, 0.05) is 23.7 Å². The molecule has 0 bridgehead atoms. The molecule has 8 heteroatoms. The molecule has 2 N–H and O–H groups in total. The van der Waals surface area contributed by atoms with Gasteiger partial charge in [-0.1, -0.05) is 52.4 Å². The first-order chi connectivity index (χ1) is 17.8. The Kier molecular flexibility index (Phi) is 14.7. The van der Waals surface area contributed by atoms with Gasteiger partial charge in [-0.2, -0.15) is 0 Å². The molecule has 2 aromatic carbocycles. The average molecular weight is 640 g/mol. The van der Waals surface area contributed by atoms with E-state index in [0.29, 0.717) is 30.9 Å². The highest BCUT2D eigenvalue weighted by molar-refractivity contribution is 9.10. The molecule has 204 valence electrons. The Balaban J connectivity index is 1.78. The molecule has 37 heavy (non-hydrogen) atoms. The van der Waals surface area contributed by atoms with Gasteiger partial charge in [-0.15, -0.1) is 0 Å². The van der Waals surface area contributed by atoms with Gasteiger partial charge >= 0.3 is 0 Å². The molecule has 0 fully saturated rings. The van der Waals surface area contributed by atoms with Crippen LogP contribution in [0.25, 0.3) is 0 Å². The fourth-order valence-corrected chi connectivity index (χ4v) is 4.63. The monoisotopic (exact) mass is 638 g/mol. The molecule has 0 heterocycles. The van der Waals surface area contributed by atoms with Gasteiger partial charge in [0.1, 0.15) is 11.5 Å². The summed E-state index contributed by atoms with van der Waals surface area (Å²) in [5, 5.41) is 5.81. The molecule has 0 saturated carbocycles. The van der Waals surface area contributed by atoms with E-state index in [2.05, 4.69) is 56.3 Å². The van der Waals surface area contributed by atoms with Gasteiger partial charge in [0.15, 0.2) is 0 Å². The van der Waals surface area contributed by atoms with Crippen LogP contribution in [0.4, 0.5) is 0 Å². The molecule has 2 aromatic rings. The Morgan fingerprint density at radius 1 is 0.757 bits per heavy atom. The summed E-state index contributed by atoms with van der Waals surface area (Å²) < 4.78 is 13.1. The molecule has 2 rings (SSSR count). The van der Waals surface area contributed by atoms with Gasteiger partial charge in [0.25, 0.3) is 11.8 Å². The lowest BCUT2D eigenvalue weighted by molar-refractivity contribution is 0.0912. The Morgan fingerprint density at radius 3 is 1.70 bits per heavy atom. The smallest absolute Gasteiger partial charge is 0.251 e. The van der Waals surface area contributed by atoms with Crippen LogP contribution >= 0.6 is 31.9 Å². The van der Waals surface area contributed by atoms with Crippen molar-refractivity contribution < 1.29 is 19.1 Å². The van der Waals surface area contributed by atoms with Gasteiger partial charge in [-0.3, -0.25) is 9.59 Å². The minimum absolute atomic E-state index is 0.208. The number of unbranched alkanes of at least 4 members (excludes halogenated alkanes) is 6. The number of halogens is 2. The van der Waals surface area contributed by atoms with E-state index in [4.69, 9.17) is 9.47 Å². The van der Waals surface area contributed by atoms with E-state index in [1.54, 1.807) is 30.3 Å². The van der Waals surface area contributed by atoms with E-state index < -0.39 is 0 Å². The normalized spacial score (nSPS) is 11.6. The van der Waals surface area contributed by atoms with Crippen LogP contribution in [-0.4, -0.2) is 37.6 Å². The predicted octanol–water partition coefficient (Wildman–Crippen LogP) is 7.68. The van der Waals surface area contributed by atoms with Crippen molar-refractivity contribution in [3.05, 3.63) is 56.5 Å². The molecule has 0 spiro atoms. The van der Waals surface area contributed by atoms with Gasteiger partial charge in [0.2, 0.25) is 0 Å². The number of ether oxygens (including phenoxy) is 2. The predicted molar refractivity (Wildman–Crippen MR) is 157 cm³/mol. The molecule has 0 aliphatic heterocycles. The maximum Gasteiger partial charge on any atom is 0.251 e. The van der Waals surface area contributed by atoms with E-state index in [1.165, 1.54) is 25.7 Å². The van der Waals surface area contributed by atoms with E-state index in [9.17, 15) is 9.59 Å². The maximum atomic E-state index is 12.7. The van der Waals surface area contributed by atoms with Crippen molar-refractivity contribution in [3.63, 3.8) is 0 Å². The quantitative estimate of drug-likeness (QED) is 0.174. The van der Waals surface area contributed by atoms with E-state index >= 15 is 0 Å². The third-order valence-corrected chi connectivity index (χ3v) is 7.08. The third-order valence-electron chi connectivity index (χ3n) is 5.85. The minimum Gasteiger partial charge on any atom is -0.492 e. The topological polar surface area (TPSA) is 76.7 Å². The fraction of sp³-hybridized carbons (Fsp3) is 0.517. The first kappa shape index (κ1) is 31.2. The number of carbonyl (C=O) groups is 2. The first-order valence-electron chi connectivity index (χ1n) is 13.3. The van der Waals surface area contributed by atoms with Crippen molar-refractivity contribution in [1.29, 1.82) is 0 Å². The molecule has 0 aliphatic rings. The lowest BCUT2D eigenvalue weighted by Gasteiger charge is -2.16. The Bertz CT molecular complexity index is 1000. The van der Waals surface area contributed by atoms with Crippen LogP contribution in [0.2, 0.25) is 0 Å². The van der Waals surface area contributed by atoms with E-state index in [-0.39, 0.29) is 17.9 Å². The largest absolute Gasteiger partial charge is 0.492 e. The summed E-state index contributed by atoms with van der Waals surface area (Å²) in [5.41, 5.74) is 1.05. The van der Waals surface area contributed by atoms with Crippen molar-refractivity contribution in [2.45, 2.75) is 78.2 Å². The Morgan fingerprint density at radius 2 is 1.24 bits per heavy atom. The van der Waals surface area contributed by atoms with Gasteiger partial charge in [0.05, 0.1) is 22.2 Å². The summed E-state index contributed by atoms with van der Waals surface area (Å²) in [6, 6.07) is 10.4. The van der Waals surface area contributed by atoms with Crippen LogP contribution in [0.15, 0.2) is 45.3 Å². The molecule has 0 radical (unpaired) electrons. The highest BCUT2D eigenvalue weighted by Gasteiger charge is 2.14. The Labute approximate surface area is 238 Å². The zero-order chi connectivity index (χ0) is 27.0. The maximum absolute atomic E-state index is 12.7. The number of carbonyl (C=O) groups excluding carboxylic acids is 2. The first-order valence-corrected chi connectivity index (χ1v) is 14.9. The van der Waals surface area contributed by atoms with Gasteiger partial charge in [-0.05, 0) is 88.0 Å². The van der Waals surface area contributed by atoms with E-state index in [1.807, 2.05) is 13.0 Å². The second kappa shape index (κ2) is 17.4. The summed E-state index contributed by atoms with van der Waals surface area (Å²) in [5.74, 6) is 1.04. The van der Waals surface area contributed by atoms with Gasteiger partial charge in [-0.25, -0.2) is 0 Å². The summed E-state index contributed by atoms with van der Waals surface area (Å²) >= 11 is 7.00. The van der Waals surface area contributed by atoms with Crippen molar-refractivity contribution >= 4 is 43.7 Å². The van der Waals surface area contributed by atoms with Crippen molar-refractivity contribution in [3.8, 4) is 11.5 Å². The van der Waals surface area contributed by atoms with Crippen LogP contribution < -0.4 is 20.1 Å². The molecular weight excluding hydrogens is 600 g/mol. The number of benzene rings is 2. The zero-order valence-corrected chi connectivity index (χ0v) is 25.4. The van der Waals surface area contributed by atoms with Crippen LogP contribution in [-0.2, 0) is 0 Å². The summed E-state index contributed by atoms with van der Waals surface area (Å²) in [7, 11) is 0. The molecular formula is C29H40Br2N2O4. The highest BCUT2D eigenvalue weighted by Crippen LogP contribution is 2.27. The molecule has 1 unspecified atom stereocenters. The third kappa shape index (κ3) is 11.5. The highest BCUT2D eigenvalue weighted by atomic mass is 79.9. The summed E-state index contributed by atoms with van der Waals surface area (Å²) in [4.78, 5) is 25.3. The molecule has 1 atom stereocenters. The molecule has 0 aliphatic carbocycles. The van der Waals surface area contributed by atoms with Crippen molar-refractivity contribution in [1.82, 2.24) is 10.6 Å². The number of nitrogens with one attached hydrogen (secondary N) is 2. The zero-order valence-electron chi connectivity index (χ0n) is 22.2. The number of hydrogen-bond acceptors (Lipinski definition) is 4. The SMILES string of the molecule is CCCCCCOc1ccc(C(=O)NCC(C)NC(=O)c2ccc(OCCCCCC)c(Br)c2)cc1Br. The second-order valence-electron chi connectivity index (χ2n) is 9.19. The summed E-state index contributed by atoms with van der Waals surface area (Å²) in [6.07, 6.45) is 9.13. The van der Waals surface area contributed by atoms with Crippen molar-refractivity contribution in [2.75, 3.05) is 19.8 Å². The minimum atomic E-state index is -0.251. The number of hydrogen-bond donors (Lipinski definition) is 2. The van der Waals surface area contributed by atoms with E-state index in [0.717, 1.165) is 46.1 Å². The van der Waals surface area contributed by atoms with Crippen LogP contribution in [0.5, 0.6) is 11.5 Å². The molecule has 2 amide bonds. The van der Waals surface area contributed by atoms with Gasteiger partial charge < -0.3 is 20.1 Å². The lowest BCUT2D eigenvalue weighted by Crippen LogP contribution is -2.41. The van der Waals surface area contributed by atoms with Crippen molar-refractivity contribution in [2.24, 2.45) is 0 Å². The van der Waals surface area contributed by atoms with Crippen LogP contribution in [0, 0.1) is 0 Å². The number of amides is 2. The lowest BCUT2D eigenvalue weighted by atomic mass is 10.1. The summed E-state index contributed by atoms with van der Waals surface area (Å²) in [6.45, 7) is 7.84. The fourth-order valence-electron chi connectivity index (χ4n) is 3.65. The molecule has 0 saturated heterocycles. The average Bonchev–Trinajstić information content (AvgIpc) is 2.88. The second-order valence-corrected chi connectivity index (χ2v) is 10.9. The number of rotatable bonds is 17. The molecule has 6 nitrogen and oxygen atoms in total. The van der Waals surface area contributed by atoms with Crippen LogP contribution in [0.1, 0.15) is 92.9 Å². The standard InChI is InChI=1S/C29H40Br2N2O4/c1-4-6-8-10-16-36-26-14-12-22(18-24(26)30)28(34)32-20-21(3)33-29(35)23-13-15-27(25(31)19-23)37-17-11-9-7-5-2/h12-15,18-19,21H,4-11,16-17,20H2,1-3H3,(H,32,34)(H,33,35). The molecule has 0 aromatic heterocycles.